The van der Waals surface area contributed by atoms with E-state index in [9.17, 15) is 4.79 Å². The molecule has 4 rings (SSSR count). The number of halogens is 1. The molecule has 0 aliphatic carbocycles. The number of carbonyl (C=O) groups excluding carboxylic acids is 1. The minimum absolute atomic E-state index is 0.213. The molecule has 0 radical (unpaired) electrons. The zero-order valence-electron chi connectivity index (χ0n) is 16.7. The number of benzene rings is 3. The SMILES string of the molecule is Cc1cc(Cl)cc(C(=O)Nc2ccc3c(c2)nc(N)n3CCCc2ccccc2)c1. The third kappa shape index (κ3) is 4.47. The Hall–Kier alpha value is -3.31. The number of aryl methyl sites for hydroxylation is 3. The third-order valence-corrected chi connectivity index (χ3v) is 5.25. The van der Waals surface area contributed by atoms with E-state index in [1.807, 2.05) is 41.8 Å². The highest BCUT2D eigenvalue weighted by Gasteiger charge is 2.12. The second-order valence-electron chi connectivity index (χ2n) is 7.39. The Bertz CT molecular complexity index is 1180. The number of rotatable bonds is 6. The number of aromatic nitrogens is 2. The number of nitrogens with zero attached hydrogens (tertiary/aromatic N) is 2. The van der Waals surface area contributed by atoms with Crippen molar-refractivity contribution in [2.75, 3.05) is 11.1 Å². The van der Waals surface area contributed by atoms with E-state index in [0.717, 1.165) is 36.0 Å². The standard InChI is InChI=1S/C24H23ClN4O/c1-16-12-18(14-19(25)13-16)23(30)27-20-9-10-22-21(15-20)28-24(26)29(22)11-5-8-17-6-3-2-4-7-17/h2-4,6-7,9-10,12-15H,5,8,11H2,1H3,(H2,26,28)(H,27,30). The maximum Gasteiger partial charge on any atom is 0.255 e. The van der Waals surface area contributed by atoms with E-state index in [2.05, 4.69) is 34.6 Å². The van der Waals surface area contributed by atoms with Crippen molar-refractivity contribution in [1.82, 2.24) is 9.55 Å². The summed E-state index contributed by atoms with van der Waals surface area (Å²) in [7, 11) is 0. The summed E-state index contributed by atoms with van der Waals surface area (Å²) in [5.74, 6) is 0.266. The number of amides is 1. The van der Waals surface area contributed by atoms with Gasteiger partial charge in [-0.3, -0.25) is 4.79 Å². The lowest BCUT2D eigenvalue weighted by atomic mass is 10.1. The van der Waals surface area contributed by atoms with Gasteiger partial charge in [0.2, 0.25) is 5.95 Å². The van der Waals surface area contributed by atoms with Gasteiger partial charge in [-0.1, -0.05) is 41.9 Å². The number of hydrogen-bond acceptors (Lipinski definition) is 3. The van der Waals surface area contributed by atoms with Gasteiger partial charge in [-0.2, -0.15) is 0 Å². The topological polar surface area (TPSA) is 72.9 Å². The Morgan fingerprint density at radius 3 is 2.67 bits per heavy atom. The molecule has 152 valence electrons. The van der Waals surface area contributed by atoms with Crippen molar-refractivity contribution in [2.45, 2.75) is 26.3 Å². The molecule has 0 spiro atoms. The van der Waals surface area contributed by atoms with Crippen LogP contribution in [0.4, 0.5) is 11.6 Å². The smallest absolute Gasteiger partial charge is 0.255 e. The van der Waals surface area contributed by atoms with Crippen molar-refractivity contribution in [3.05, 3.63) is 88.4 Å². The fraction of sp³-hybridized carbons (Fsp3) is 0.167. The van der Waals surface area contributed by atoms with Crippen molar-refractivity contribution >= 4 is 40.2 Å². The van der Waals surface area contributed by atoms with Crippen LogP contribution in [0.2, 0.25) is 5.02 Å². The van der Waals surface area contributed by atoms with Crippen LogP contribution in [0.15, 0.2) is 66.7 Å². The molecule has 3 N–H and O–H groups in total. The summed E-state index contributed by atoms with van der Waals surface area (Å²) in [4.78, 5) is 17.1. The van der Waals surface area contributed by atoms with Crippen molar-refractivity contribution < 1.29 is 4.79 Å². The molecule has 6 heteroatoms. The van der Waals surface area contributed by atoms with Gasteiger partial charge in [0, 0.05) is 22.8 Å². The average molecular weight is 419 g/mol. The lowest BCUT2D eigenvalue weighted by Crippen LogP contribution is -2.12. The number of carbonyl (C=O) groups is 1. The van der Waals surface area contributed by atoms with E-state index >= 15 is 0 Å². The van der Waals surface area contributed by atoms with Crippen molar-refractivity contribution in [3.8, 4) is 0 Å². The molecule has 0 aliphatic heterocycles. The second-order valence-corrected chi connectivity index (χ2v) is 7.82. The molecule has 0 fully saturated rings. The lowest BCUT2D eigenvalue weighted by Gasteiger charge is -2.08. The summed E-state index contributed by atoms with van der Waals surface area (Å²) >= 11 is 6.07. The predicted molar refractivity (Wildman–Crippen MR) is 123 cm³/mol. The Kier molecular flexibility index (Phi) is 5.72. The summed E-state index contributed by atoms with van der Waals surface area (Å²) in [5.41, 5.74) is 11.3. The van der Waals surface area contributed by atoms with E-state index in [1.54, 1.807) is 12.1 Å². The Labute approximate surface area is 180 Å². The minimum atomic E-state index is -0.213. The summed E-state index contributed by atoms with van der Waals surface area (Å²) in [5, 5.41) is 3.45. The van der Waals surface area contributed by atoms with Gasteiger partial charge < -0.3 is 15.6 Å². The summed E-state index contributed by atoms with van der Waals surface area (Å²) < 4.78 is 2.02. The van der Waals surface area contributed by atoms with E-state index in [0.29, 0.717) is 22.2 Å². The van der Waals surface area contributed by atoms with Crippen molar-refractivity contribution in [2.24, 2.45) is 0 Å². The van der Waals surface area contributed by atoms with Gasteiger partial charge in [-0.05, 0) is 67.3 Å². The van der Waals surface area contributed by atoms with Gasteiger partial charge in [0.05, 0.1) is 11.0 Å². The summed E-state index contributed by atoms with van der Waals surface area (Å²) in [6.45, 7) is 2.69. The number of nitrogens with two attached hydrogens (primary N) is 1. The van der Waals surface area contributed by atoms with E-state index in [4.69, 9.17) is 17.3 Å². The van der Waals surface area contributed by atoms with E-state index in [1.165, 1.54) is 5.56 Å². The summed E-state index contributed by atoms with van der Waals surface area (Å²) in [6.07, 6.45) is 1.94. The highest BCUT2D eigenvalue weighted by Crippen LogP contribution is 2.23. The largest absolute Gasteiger partial charge is 0.369 e. The normalized spacial score (nSPS) is 11.0. The molecule has 30 heavy (non-hydrogen) atoms. The Morgan fingerprint density at radius 1 is 1.10 bits per heavy atom. The molecule has 0 unspecified atom stereocenters. The molecule has 5 nitrogen and oxygen atoms in total. The molecule has 3 aromatic carbocycles. The quantitative estimate of drug-likeness (QED) is 0.436. The third-order valence-electron chi connectivity index (χ3n) is 5.03. The predicted octanol–water partition coefficient (Wildman–Crippen LogP) is 5.47. The monoisotopic (exact) mass is 418 g/mol. The van der Waals surface area contributed by atoms with Gasteiger partial charge in [-0.25, -0.2) is 4.98 Å². The van der Waals surface area contributed by atoms with Gasteiger partial charge in [0.1, 0.15) is 0 Å². The first-order valence-electron chi connectivity index (χ1n) is 9.88. The average Bonchev–Trinajstić information content (AvgIpc) is 3.02. The van der Waals surface area contributed by atoms with Crippen LogP contribution >= 0.6 is 11.6 Å². The molecule has 0 bridgehead atoms. The molecular weight excluding hydrogens is 396 g/mol. The molecular formula is C24H23ClN4O. The number of fused-ring (bicyclic) bond motifs is 1. The number of imidazole rings is 1. The van der Waals surface area contributed by atoms with Crippen LogP contribution in [0.25, 0.3) is 11.0 Å². The highest BCUT2D eigenvalue weighted by molar-refractivity contribution is 6.31. The second kappa shape index (κ2) is 8.59. The minimum Gasteiger partial charge on any atom is -0.369 e. The maximum atomic E-state index is 12.6. The van der Waals surface area contributed by atoms with Crippen LogP contribution in [0.3, 0.4) is 0 Å². The zero-order chi connectivity index (χ0) is 21.1. The Balaban J connectivity index is 1.49. The lowest BCUT2D eigenvalue weighted by molar-refractivity contribution is 0.102. The number of nitrogen functional groups attached to an aromatic ring is 1. The number of anilines is 2. The van der Waals surface area contributed by atoms with E-state index < -0.39 is 0 Å². The fourth-order valence-electron chi connectivity index (χ4n) is 3.62. The van der Waals surface area contributed by atoms with Crippen LogP contribution in [-0.2, 0) is 13.0 Å². The molecule has 1 heterocycles. The summed E-state index contributed by atoms with van der Waals surface area (Å²) in [6, 6.07) is 21.3. The molecule has 4 aromatic rings. The number of hydrogen-bond donors (Lipinski definition) is 2. The van der Waals surface area contributed by atoms with Gasteiger partial charge in [0.15, 0.2) is 0 Å². The Morgan fingerprint density at radius 2 is 1.90 bits per heavy atom. The van der Waals surface area contributed by atoms with Crippen molar-refractivity contribution in [1.29, 1.82) is 0 Å². The van der Waals surface area contributed by atoms with Gasteiger partial charge in [-0.15, -0.1) is 0 Å². The maximum absolute atomic E-state index is 12.6. The molecule has 0 aliphatic rings. The molecule has 0 saturated heterocycles. The molecule has 1 aromatic heterocycles. The molecule has 0 saturated carbocycles. The highest BCUT2D eigenvalue weighted by atomic mass is 35.5. The van der Waals surface area contributed by atoms with Crippen LogP contribution in [0.1, 0.15) is 27.9 Å². The zero-order valence-corrected chi connectivity index (χ0v) is 17.5. The van der Waals surface area contributed by atoms with Gasteiger partial charge in [0.25, 0.3) is 5.91 Å². The van der Waals surface area contributed by atoms with Crippen LogP contribution < -0.4 is 11.1 Å². The first kappa shape index (κ1) is 20.0. The first-order valence-corrected chi connectivity index (χ1v) is 10.3. The number of nitrogens with one attached hydrogen (secondary N) is 1. The van der Waals surface area contributed by atoms with Crippen LogP contribution in [-0.4, -0.2) is 15.5 Å². The molecule has 0 atom stereocenters. The van der Waals surface area contributed by atoms with E-state index in [-0.39, 0.29) is 5.91 Å². The fourth-order valence-corrected chi connectivity index (χ4v) is 3.91. The van der Waals surface area contributed by atoms with Gasteiger partial charge >= 0.3 is 0 Å². The first-order chi connectivity index (χ1) is 14.5. The molecule has 1 amide bonds. The van der Waals surface area contributed by atoms with Crippen molar-refractivity contribution in [3.63, 3.8) is 0 Å². The van der Waals surface area contributed by atoms with Crippen LogP contribution in [0, 0.1) is 6.92 Å². The van der Waals surface area contributed by atoms with Crippen LogP contribution in [0.5, 0.6) is 0 Å².